The van der Waals surface area contributed by atoms with Crippen LogP contribution in [0.15, 0.2) is 22.7 Å². The number of alkyl carbamates (subject to hydrolysis) is 1. The van der Waals surface area contributed by atoms with Crippen molar-refractivity contribution in [2.45, 2.75) is 83.3 Å². The Labute approximate surface area is 196 Å². The van der Waals surface area contributed by atoms with E-state index in [1.54, 1.807) is 0 Å². The number of rotatable bonds is 5. The number of nitrogens with one attached hydrogen (secondary N) is 1. The molecule has 0 spiro atoms. The second-order valence-corrected chi connectivity index (χ2v) is 10.9. The first-order valence-electron chi connectivity index (χ1n) is 12.0. The molecule has 0 unspecified atom stereocenters. The summed E-state index contributed by atoms with van der Waals surface area (Å²) in [6.07, 6.45) is 7.64. The van der Waals surface area contributed by atoms with Gasteiger partial charge in [-0.3, -0.25) is 0 Å². The van der Waals surface area contributed by atoms with E-state index in [0.29, 0.717) is 5.92 Å². The van der Waals surface area contributed by atoms with Crippen LogP contribution in [0.3, 0.4) is 0 Å². The number of piperidine rings is 1. The van der Waals surface area contributed by atoms with Crippen molar-refractivity contribution in [3.63, 3.8) is 0 Å². The Morgan fingerprint density at radius 2 is 1.91 bits per heavy atom. The summed E-state index contributed by atoms with van der Waals surface area (Å²) in [6, 6.07) is 5.98. The summed E-state index contributed by atoms with van der Waals surface area (Å²) in [4.78, 5) is 14.6. The first-order valence-corrected chi connectivity index (χ1v) is 12.4. The molecule has 0 atom stereocenters. The number of halogens is 1. The van der Waals surface area contributed by atoms with E-state index in [9.17, 15) is 4.79 Å². The maximum Gasteiger partial charge on any atom is 0.407 e. The summed E-state index contributed by atoms with van der Waals surface area (Å²) >= 11 is 6.18. The van der Waals surface area contributed by atoms with E-state index in [2.05, 4.69) is 15.4 Å². The number of carbonyl (C=O) groups excluding carboxylic acids is 1. The molecule has 4 rings (SSSR count). The number of amides is 1. The highest BCUT2D eigenvalue weighted by Gasteiger charge is 2.27. The highest BCUT2D eigenvalue weighted by Crippen LogP contribution is 2.34. The number of hydrogen-bond donors (Lipinski definition) is 1. The first kappa shape index (κ1) is 23.4. The van der Waals surface area contributed by atoms with Gasteiger partial charge in [0.2, 0.25) is 0 Å². The molecule has 1 aromatic carbocycles. The summed E-state index contributed by atoms with van der Waals surface area (Å²) in [5, 5.41) is 9.20. The molecule has 2 fully saturated rings. The lowest BCUT2D eigenvalue weighted by molar-refractivity contribution is 0.0485. The second-order valence-electron chi connectivity index (χ2n) is 10.5. The molecule has 2 aliphatic rings. The zero-order valence-corrected chi connectivity index (χ0v) is 20.3. The van der Waals surface area contributed by atoms with Gasteiger partial charge in [-0.1, -0.05) is 16.8 Å². The highest BCUT2D eigenvalue weighted by atomic mass is 35.5. The first-order chi connectivity index (χ1) is 15.3. The van der Waals surface area contributed by atoms with Crippen LogP contribution in [-0.2, 0) is 4.74 Å². The van der Waals surface area contributed by atoms with Crippen molar-refractivity contribution in [2.75, 3.05) is 19.6 Å². The average molecular weight is 462 g/mol. The standard InChI is InChI=1S/C25H36ClN3O3/c1-25(2,3)31-24(30)27-20-7-4-17(5-8-20)10-13-29-14-11-18(12-15-29)23-21-16-19(26)6-9-22(21)32-28-23/h6,9,16-18,20H,4-5,7-8,10-15H2,1-3H3,(H,27,30). The van der Waals surface area contributed by atoms with Gasteiger partial charge in [0, 0.05) is 22.4 Å². The zero-order chi connectivity index (χ0) is 22.7. The van der Waals surface area contributed by atoms with Crippen molar-refractivity contribution in [1.29, 1.82) is 0 Å². The molecule has 0 bridgehead atoms. The van der Waals surface area contributed by atoms with E-state index < -0.39 is 5.60 Å². The van der Waals surface area contributed by atoms with Crippen LogP contribution in [0.1, 0.15) is 77.3 Å². The van der Waals surface area contributed by atoms with Gasteiger partial charge in [0.25, 0.3) is 0 Å². The fraction of sp³-hybridized carbons (Fsp3) is 0.680. The highest BCUT2D eigenvalue weighted by molar-refractivity contribution is 6.31. The van der Waals surface area contributed by atoms with Gasteiger partial charge in [0.1, 0.15) is 5.60 Å². The number of ether oxygens (including phenoxy) is 1. The maximum absolute atomic E-state index is 12.0. The Bertz CT molecular complexity index is 907. The van der Waals surface area contributed by atoms with Gasteiger partial charge in [-0.2, -0.15) is 0 Å². The lowest BCUT2D eigenvalue weighted by Gasteiger charge is -2.34. The third kappa shape index (κ3) is 6.16. The van der Waals surface area contributed by atoms with Crippen molar-refractivity contribution >= 4 is 28.7 Å². The number of nitrogens with zero attached hydrogens (tertiary/aromatic N) is 2. The molecular formula is C25H36ClN3O3. The molecule has 1 saturated carbocycles. The number of fused-ring (bicyclic) bond motifs is 1. The number of likely N-dealkylation sites (tertiary alicyclic amines) is 1. The number of hydrogen-bond acceptors (Lipinski definition) is 5. The van der Waals surface area contributed by atoms with Gasteiger partial charge < -0.3 is 19.5 Å². The summed E-state index contributed by atoms with van der Waals surface area (Å²) in [6.45, 7) is 9.07. The predicted molar refractivity (Wildman–Crippen MR) is 127 cm³/mol. The van der Waals surface area contributed by atoms with Gasteiger partial charge in [-0.25, -0.2) is 4.79 Å². The molecule has 7 heteroatoms. The van der Waals surface area contributed by atoms with Crippen LogP contribution in [0, 0.1) is 5.92 Å². The smallest absolute Gasteiger partial charge is 0.407 e. The van der Waals surface area contributed by atoms with Crippen LogP contribution in [0.25, 0.3) is 11.0 Å². The fourth-order valence-electron chi connectivity index (χ4n) is 5.09. The predicted octanol–water partition coefficient (Wildman–Crippen LogP) is 6.13. The Morgan fingerprint density at radius 1 is 1.19 bits per heavy atom. The summed E-state index contributed by atoms with van der Waals surface area (Å²) in [5.41, 5.74) is 1.45. The van der Waals surface area contributed by atoms with E-state index in [1.165, 1.54) is 19.3 Å². The van der Waals surface area contributed by atoms with E-state index >= 15 is 0 Å². The van der Waals surface area contributed by atoms with Gasteiger partial charge >= 0.3 is 6.09 Å². The molecule has 2 heterocycles. The zero-order valence-electron chi connectivity index (χ0n) is 19.5. The van der Waals surface area contributed by atoms with Crippen LogP contribution in [0.2, 0.25) is 5.02 Å². The number of carbonyl (C=O) groups is 1. The number of aromatic nitrogens is 1. The van der Waals surface area contributed by atoms with Gasteiger partial charge in [-0.05, 0) is 109 Å². The minimum atomic E-state index is -0.442. The molecule has 2 aromatic rings. The molecule has 1 aliphatic heterocycles. The molecule has 6 nitrogen and oxygen atoms in total. The Kier molecular flexibility index (Phi) is 7.30. The summed E-state index contributed by atoms with van der Waals surface area (Å²) in [7, 11) is 0. The maximum atomic E-state index is 12.0. The molecule has 1 amide bonds. The molecule has 176 valence electrons. The normalized spacial score (nSPS) is 23.4. The third-order valence-corrected chi connectivity index (χ3v) is 7.09. The van der Waals surface area contributed by atoms with Crippen LogP contribution in [0.5, 0.6) is 0 Å². The second kappa shape index (κ2) is 10.0. The Morgan fingerprint density at radius 3 is 2.59 bits per heavy atom. The Balaban J connectivity index is 1.17. The lowest BCUT2D eigenvalue weighted by atomic mass is 9.84. The lowest BCUT2D eigenvalue weighted by Crippen LogP contribution is -2.41. The monoisotopic (exact) mass is 461 g/mol. The van der Waals surface area contributed by atoms with Crippen molar-refractivity contribution in [3.05, 3.63) is 28.9 Å². The van der Waals surface area contributed by atoms with Crippen molar-refractivity contribution in [1.82, 2.24) is 15.4 Å². The summed E-state index contributed by atoms with van der Waals surface area (Å²) < 4.78 is 10.9. The Hall–Kier alpha value is -1.79. The molecule has 1 aliphatic carbocycles. The quantitative estimate of drug-likeness (QED) is 0.579. The van der Waals surface area contributed by atoms with Crippen molar-refractivity contribution in [3.8, 4) is 0 Å². The molecule has 32 heavy (non-hydrogen) atoms. The molecule has 1 aromatic heterocycles. The molecule has 1 saturated heterocycles. The van der Waals surface area contributed by atoms with E-state index in [1.807, 2.05) is 39.0 Å². The minimum absolute atomic E-state index is 0.252. The molecule has 0 radical (unpaired) electrons. The van der Waals surface area contributed by atoms with Crippen LogP contribution in [-0.4, -0.2) is 47.4 Å². The van der Waals surface area contributed by atoms with Gasteiger partial charge in [0.15, 0.2) is 5.58 Å². The van der Waals surface area contributed by atoms with Crippen molar-refractivity contribution < 1.29 is 14.1 Å². The van der Waals surface area contributed by atoms with E-state index in [-0.39, 0.29) is 12.1 Å². The SMILES string of the molecule is CC(C)(C)OC(=O)NC1CCC(CCN2CCC(c3noc4ccc(Cl)cc34)CC2)CC1. The molecular weight excluding hydrogens is 426 g/mol. The fourth-order valence-corrected chi connectivity index (χ4v) is 5.26. The van der Waals surface area contributed by atoms with Gasteiger partial charge in [0.05, 0.1) is 5.69 Å². The van der Waals surface area contributed by atoms with Crippen LogP contribution < -0.4 is 5.32 Å². The largest absolute Gasteiger partial charge is 0.444 e. The molecule has 1 N–H and O–H groups in total. The van der Waals surface area contributed by atoms with Gasteiger partial charge in [-0.15, -0.1) is 0 Å². The minimum Gasteiger partial charge on any atom is -0.444 e. The average Bonchev–Trinajstić information content (AvgIpc) is 3.15. The summed E-state index contributed by atoms with van der Waals surface area (Å²) in [5.74, 6) is 1.20. The third-order valence-electron chi connectivity index (χ3n) is 6.86. The van der Waals surface area contributed by atoms with Crippen molar-refractivity contribution in [2.24, 2.45) is 5.92 Å². The van der Waals surface area contributed by atoms with Crippen LogP contribution in [0.4, 0.5) is 4.79 Å². The number of benzene rings is 1. The topological polar surface area (TPSA) is 67.6 Å². The van der Waals surface area contributed by atoms with Crippen LogP contribution >= 0.6 is 11.6 Å². The van der Waals surface area contributed by atoms with E-state index in [4.69, 9.17) is 20.9 Å². The van der Waals surface area contributed by atoms with E-state index in [0.717, 1.165) is 72.9 Å².